The number of H-pyrrole nitrogens is 1. The summed E-state index contributed by atoms with van der Waals surface area (Å²) in [4.78, 5) is 41.3. The highest BCUT2D eigenvalue weighted by Crippen LogP contribution is 2.24. The molecule has 0 bridgehead atoms. The molecular formula is C23H23N3O4. The molecule has 1 atom stereocenters. The van der Waals surface area contributed by atoms with Crippen LogP contribution in [-0.4, -0.2) is 35.9 Å². The molecule has 0 radical (unpaired) electrons. The summed E-state index contributed by atoms with van der Waals surface area (Å²) in [5.74, 6) is -0.0700. The van der Waals surface area contributed by atoms with Crippen LogP contribution in [0.2, 0.25) is 0 Å². The van der Waals surface area contributed by atoms with E-state index in [2.05, 4.69) is 10.3 Å². The van der Waals surface area contributed by atoms with Crippen molar-refractivity contribution in [3.63, 3.8) is 0 Å². The minimum atomic E-state index is -0.868. The maximum atomic E-state index is 13.2. The van der Waals surface area contributed by atoms with E-state index in [0.717, 1.165) is 5.56 Å². The largest absolute Gasteiger partial charge is 0.497 e. The highest BCUT2D eigenvalue weighted by atomic mass is 16.5. The van der Waals surface area contributed by atoms with Crippen LogP contribution < -0.4 is 15.6 Å². The maximum Gasteiger partial charge on any atom is 0.256 e. The van der Waals surface area contributed by atoms with E-state index in [1.165, 1.54) is 23.2 Å². The molecule has 0 fully saturated rings. The first-order chi connectivity index (χ1) is 14.4. The first-order valence-electron chi connectivity index (χ1n) is 9.36. The summed E-state index contributed by atoms with van der Waals surface area (Å²) in [6.45, 7) is 1.95. The van der Waals surface area contributed by atoms with E-state index in [-0.39, 0.29) is 22.9 Å². The van der Waals surface area contributed by atoms with Crippen LogP contribution in [0.1, 0.15) is 27.5 Å². The molecule has 2 N–H and O–H groups in total. The van der Waals surface area contributed by atoms with Gasteiger partial charge in [-0.1, -0.05) is 29.8 Å². The highest BCUT2D eigenvalue weighted by Gasteiger charge is 2.29. The van der Waals surface area contributed by atoms with Gasteiger partial charge in [-0.3, -0.25) is 14.4 Å². The van der Waals surface area contributed by atoms with E-state index in [4.69, 9.17) is 4.74 Å². The fourth-order valence-electron chi connectivity index (χ4n) is 3.05. The number of hydrogen-bond donors (Lipinski definition) is 2. The topological polar surface area (TPSA) is 91.5 Å². The standard InChI is InChI=1S/C23H23N3O4/c1-15-4-6-16(7-5-15)21(22(28)25-18-9-11-19(30-3)12-10-18)26(2)23(29)17-8-13-20(27)24-14-17/h4-14,21H,1-3H3,(H,24,27)(H,25,28)/t21-/m1/s1. The van der Waals surface area contributed by atoms with E-state index < -0.39 is 6.04 Å². The summed E-state index contributed by atoms with van der Waals surface area (Å²) in [7, 11) is 3.13. The van der Waals surface area contributed by atoms with Gasteiger partial charge in [-0.25, -0.2) is 0 Å². The molecule has 0 saturated carbocycles. The number of ether oxygens (including phenoxy) is 1. The molecule has 154 valence electrons. The average Bonchev–Trinajstić information content (AvgIpc) is 2.75. The Kier molecular flexibility index (Phi) is 6.32. The number of likely N-dealkylation sites (N-methyl/N-ethyl adjacent to an activating group) is 1. The molecule has 0 saturated heterocycles. The Bertz CT molecular complexity index is 1070. The SMILES string of the molecule is COc1ccc(NC(=O)[C@@H](c2ccc(C)cc2)N(C)C(=O)c2ccc(=O)[nH]c2)cc1. The van der Waals surface area contributed by atoms with Gasteiger partial charge in [0, 0.05) is 25.0 Å². The first kappa shape index (κ1) is 20.9. The molecule has 0 spiro atoms. The lowest BCUT2D eigenvalue weighted by atomic mass is 10.0. The van der Waals surface area contributed by atoms with E-state index in [0.29, 0.717) is 17.0 Å². The summed E-state index contributed by atoms with van der Waals surface area (Å²) in [5, 5.41) is 2.86. The van der Waals surface area contributed by atoms with Gasteiger partial charge in [0.25, 0.3) is 11.8 Å². The molecule has 0 unspecified atom stereocenters. The van der Waals surface area contributed by atoms with Crippen molar-refractivity contribution in [2.75, 3.05) is 19.5 Å². The van der Waals surface area contributed by atoms with Crippen molar-refractivity contribution in [2.45, 2.75) is 13.0 Å². The van der Waals surface area contributed by atoms with Crippen LogP contribution in [0.5, 0.6) is 5.75 Å². The van der Waals surface area contributed by atoms with Crippen molar-refractivity contribution >= 4 is 17.5 Å². The molecular weight excluding hydrogens is 382 g/mol. The van der Waals surface area contributed by atoms with Crippen LogP contribution in [0.3, 0.4) is 0 Å². The molecule has 1 heterocycles. The van der Waals surface area contributed by atoms with Crippen LogP contribution in [0.4, 0.5) is 5.69 Å². The number of rotatable bonds is 6. The number of aryl methyl sites for hydroxylation is 1. The Morgan fingerprint density at radius 1 is 1.00 bits per heavy atom. The normalized spacial score (nSPS) is 11.4. The van der Waals surface area contributed by atoms with Crippen LogP contribution in [0.25, 0.3) is 0 Å². The van der Waals surface area contributed by atoms with Crippen molar-refractivity contribution in [1.29, 1.82) is 0 Å². The summed E-state index contributed by atoms with van der Waals surface area (Å²) < 4.78 is 5.14. The quantitative estimate of drug-likeness (QED) is 0.659. The third-order valence-electron chi connectivity index (χ3n) is 4.74. The number of nitrogens with zero attached hydrogens (tertiary/aromatic N) is 1. The highest BCUT2D eigenvalue weighted by molar-refractivity contribution is 6.01. The maximum absolute atomic E-state index is 13.2. The number of aromatic nitrogens is 1. The number of carbonyl (C=O) groups is 2. The number of methoxy groups -OCH3 is 1. The molecule has 7 heteroatoms. The number of aromatic amines is 1. The summed E-state index contributed by atoms with van der Waals surface area (Å²) in [6, 6.07) is 16.2. The number of anilines is 1. The second-order valence-electron chi connectivity index (χ2n) is 6.89. The fraction of sp³-hybridized carbons (Fsp3) is 0.174. The number of carbonyl (C=O) groups excluding carboxylic acids is 2. The zero-order valence-corrected chi connectivity index (χ0v) is 17.0. The molecule has 0 aliphatic rings. The second kappa shape index (κ2) is 9.09. The number of nitrogens with one attached hydrogen (secondary N) is 2. The van der Waals surface area contributed by atoms with Crippen LogP contribution in [0.15, 0.2) is 71.7 Å². The smallest absolute Gasteiger partial charge is 0.256 e. The first-order valence-corrected chi connectivity index (χ1v) is 9.36. The van der Waals surface area contributed by atoms with Crippen LogP contribution >= 0.6 is 0 Å². The molecule has 0 aliphatic carbocycles. The number of hydrogen-bond acceptors (Lipinski definition) is 4. The van der Waals surface area contributed by atoms with Gasteiger partial charge in [0.15, 0.2) is 0 Å². The van der Waals surface area contributed by atoms with Gasteiger partial charge in [0.2, 0.25) is 5.56 Å². The third kappa shape index (κ3) is 4.75. The van der Waals surface area contributed by atoms with Gasteiger partial charge in [-0.2, -0.15) is 0 Å². The van der Waals surface area contributed by atoms with Crippen LogP contribution in [0, 0.1) is 6.92 Å². The number of pyridine rings is 1. The number of benzene rings is 2. The van der Waals surface area contributed by atoms with Crippen molar-refractivity contribution < 1.29 is 14.3 Å². The molecule has 3 rings (SSSR count). The van der Waals surface area contributed by atoms with Gasteiger partial charge < -0.3 is 19.9 Å². The Morgan fingerprint density at radius 2 is 1.67 bits per heavy atom. The molecule has 3 aromatic rings. The molecule has 2 aromatic carbocycles. The monoisotopic (exact) mass is 405 g/mol. The molecule has 1 aromatic heterocycles. The lowest BCUT2D eigenvalue weighted by molar-refractivity contribution is -0.120. The summed E-state index contributed by atoms with van der Waals surface area (Å²) >= 11 is 0. The number of amides is 2. The Labute approximate surface area is 174 Å². The molecule has 2 amide bonds. The fourth-order valence-corrected chi connectivity index (χ4v) is 3.05. The van der Waals surface area contributed by atoms with Gasteiger partial charge in [0.05, 0.1) is 12.7 Å². The van der Waals surface area contributed by atoms with Gasteiger partial charge in [0.1, 0.15) is 11.8 Å². The van der Waals surface area contributed by atoms with E-state index in [9.17, 15) is 14.4 Å². The van der Waals surface area contributed by atoms with Crippen molar-refractivity contribution in [2.24, 2.45) is 0 Å². The molecule has 30 heavy (non-hydrogen) atoms. The summed E-state index contributed by atoms with van der Waals surface area (Å²) in [5.41, 5.74) is 2.28. The minimum Gasteiger partial charge on any atom is -0.497 e. The minimum absolute atomic E-state index is 0.284. The van der Waals surface area contributed by atoms with Crippen molar-refractivity contribution in [1.82, 2.24) is 9.88 Å². The second-order valence-corrected chi connectivity index (χ2v) is 6.89. The zero-order chi connectivity index (χ0) is 21.7. The summed E-state index contributed by atoms with van der Waals surface area (Å²) in [6.07, 6.45) is 1.34. The Balaban J connectivity index is 1.91. The predicted octanol–water partition coefficient (Wildman–Crippen LogP) is 3.14. The third-order valence-corrected chi connectivity index (χ3v) is 4.74. The Hall–Kier alpha value is -3.87. The van der Waals surface area contributed by atoms with E-state index in [1.807, 2.05) is 31.2 Å². The van der Waals surface area contributed by atoms with Crippen molar-refractivity contribution in [3.8, 4) is 5.75 Å². The average molecular weight is 405 g/mol. The van der Waals surface area contributed by atoms with Gasteiger partial charge in [-0.05, 0) is 42.8 Å². The lowest BCUT2D eigenvalue weighted by Gasteiger charge is -2.28. The Morgan fingerprint density at radius 3 is 2.23 bits per heavy atom. The van der Waals surface area contributed by atoms with Crippen molar-refractivity contribution in [3.05, 3.63) is 93.9 Å². The van der Waals surface area contributed by atoms with Gasteiger partial charge >= 0.3 is 0 Å². The zero-order valence-electron chi connectivity index (χ0n) is 17.0. The van der Waals surface area contributed by atoms with E-state index >= 15 is 0 Å². The van der Waals surface area contributed by atoms with E-state index in [1.54, 1.807) is 38.4 Å². The van der Waals surface area contributed by atoms with Crippen LogP contribution in [-0.2, 0) is 4.79 Å². The predicted molar refractivity (Wildman–Crippen MR) is 115 cm³/mol. The molecule has 0 aliphatic heterocycles. The lowest BCUT2D eigenvalue weighted by Crippen LogP contribution is -2.38. The van der Waals surface area contributed by atoms with Gasteiger partial charge in [-0.15, -0.1) is 0 Å². The molecule has 7 nitrogen and oxygen atoms in total.